The lowest BCUT2D eigenvalue weighted by Gasteiger charge is -2.33. The number of fused-ring (bicyclic) bond motifs is 2. The number of rotatable bonds is 7. The van der Waals surface area contributed by atoms with Gasteiger partial charge in [-0.3, -0.25) is 4.79 Å². The maximum absolute atomic E-state index is 13.4. The molecule has 0 spiro atoms. The fraction of sp³-hybridized carbons (Fsp3) is 0.536. The zero-order valence-electron chi connectivity index (χ0n) is 19.6. The van der Waals surface area contributed by atoms with E-state index in [4.69, 9.17) is 9.47 Å². The zero-order valence-corrected chi connectivity index (χ0v) is 19.6. The summed E-state index contributed by atoms with van der Waals surface area (Å²) in [5, 5.41) is 15.0. The van der Waals surface area contributed by atoms with Gasteiger partial charge in [0.1, 0.15) is 13.2 Å². The van der Waals surface area contributed by atoms with E-state index in [1.807, 2.05) is 36.4 Å². The maximum atomic E-state index is 13.4. The van der Waals surface area contributed by atoms with Crippen LogP contribution in [0.1, 0.15) is 36.8 Å². The van der Waals surface area contributed by atoms with Crippen LogP contribution in [0.2, 0.25) is 0 Å². The van der Waals surface area contributed by atoms with Crippen molar-refractivity contribution in [3.8, 4) is 11.5 Å². The zero-order chi connectivity index (χ0) is 23.1. The third kappa shape index (κ3) is 3.97. The molecule has 2 aromatic rings. The summed E-state index contributed by atoms with van der Waals surface area (Å²) < 4.78 is 11.3. The molecule has 2 aromatic carbocycles. The number of nitrogens with one attached hydrogen (secondary N) is 1. The van der Waals surface area contributed by atoms with Gasteiger partial charge in [0.05, 0.1) is 0 Å². The Balaban J connectivity index is 1.04. The quantitative estimate of drug-likeness (QED) is 0.662. The Morgan fingerprint density at radius 2 is 1.71 bits per heavy atom. The Kier molecular flexibility index (Phi) is 5.74. The van der Waals surface area contributed by atoms with E-state index in [-0.39, 0.29) is 17.9 Å². The van der Waals surface area contributed by atoms with Crippen molar-refractivity contribution in [2.75, 3.05) is 32.8 Å². The van der Waals surface area contributed by atoms with Crippen molar-refractivity contribution in [2.24, 2.45) is 17.8 Å². The van der Waals surface area contributed by atoms with Crippen molar-refractivity contribution in [3.63, 3.8) is 0 Å². The summed E-state index contributed by atoms with van der Waals surface area (Å²) in [6.45, 7) is 4.24. The molecule has 1 saturated heterocycles. The molecule has 3 fully saturated rings. The average Bonchev–Trinajstić information content (AvgIpc) is 3.28. The van der Waals surface area contributed by atoms with Crippen molar-refractivity contribution in [3.05, 3.63) is 59.7 Å². The van der Waals surface area contributed by atoms with E-state index in [1.54, 1.807) is 0 Å². The lowest BCUT2D eigenvalue weighted by Crippen LogP contribution is -2.51. The van der Waals surface area contributed by atoms with Gasteiger partial charge < -0.3 is 24.8 Å². The number of amides is 1. The van der Waals surface area contributed by atoms with Crippen molar-refractivity contribution in [2.45, 2.75) is 43.7 Å². The third-order valence-corrected chi connectivity index (χ3v) is 8.40. The Hall–Kier alpha value is -2.57. The van der Waals surface area contributed by atoms with Gasteiger partial charge in [0, 0.05) is 31.6 Å². The van der Waals surface area contributed by atoms with Gasteiger partial charge in [-0.15, -0.1) is 0 Å². The van der Waals surface area contributed by atoms with Gasteiger partial charge >= 0.3 is 0 Å². The smallest absolute Gasteiger partial charge is 0.257 e. The Morgan fingerprint density at radius 1 is 1.00 bits per heavy atom. The molecular weight excluding hydrogens is 428 g/mol. The summed E-state index contributed by atoms with van der Waals surface area (Å²) in [4.78, 5) is 15.9. The number of ether oxygens (including phenoxy) is 2. The number of hydrogen-bond acceptors (Lipinski definition) is 5. The molecule has 4 atom stereocenters. The number of nitrogens with zero attached hydrogens (tertiary/aromatic N) is 1. The molecule has 2 saturated carbocycles. The topological polar surface area (TPSA) is 71.0 Å². The number of aliphatic hydroxyl groups is 1. The maximum Gasteiger partial charge on any atom is 0.257 e. The fourth-order valence-electron chi connectivity index (χ4n) is 6.39. The van der Waals surface area contributed by atoms with Crippen LogP contribution >= 0.6 is 0 Å². The minimum absolute atomic E-state index is 0.00372. The molecule has 2 aliphatic carbocycles. The summed E-state index contributed by atoms with van der Waals surface area (Å²) >= 11 is 0. The van der Waals surface area contributed by atoms with Crippen LogP contribution in [0, 0.1) is 17.8 Å². The molecule has 6 nitrogen and oxygen atoms in total. The molecule has 34 heavy (non-hydrogen) atoms. The second-order valence-corrected chi connectivity index (χ2v) is 10.4. The minimum atomic E-state index is -1.42. The molecule has 2 N–H and O–H groups in total. The van der Waals surface area contributed by atoms with Crippen molar-refractivity contribution >= 4 is 5.91 Å². The summed E-state index contributed by atoms with van der Waals surface area (Å²) in [6, 6.07) is 16.0. The molecule has 6 heteroatoms. The summed E-state index contributed by atoms with van der Waals surface area (Å²) in [6.07, 6.45) is 4.96. The second kappa shape index (κ2) is 8.90. The summed E-state index contributed by atoms with van der Waals surface area (Å²) in [5.74, 6) is 2.47. The number of hydrogen-bond donors (Lipinski definition) is 2. The molecule has 0 radical (unpaired) electrons. The van der Waals surface area contributed by atoms with Crippen molar-refractivity contribution in [1.29, 1.82) is 0 Å². The molecule has 0 aromatic heterocycles. The van der Waals surface area contributed by atoms with Crippen LogP contribution in [-0.2, 0) is 16.8 Å². The monoisotopic (exact) mass is 462 g/mol. The van der Waals surface area contributed by atoms with Crippen LogP contribution in [0.15, 0.2) is 48.5 Å². The fourth-order valence-corrected chi connectivity index (χ4v) is 6.39. The van der Waals surface area contributed by atoms with Gasteiger partial charge in [-0.05, 0) is 54.4 Å². The molecular formula is C28H34N2O4. The second-order valence-electron chi connectivity index (χ2n) is 10.4. The molecule has 1 amide bonds. The molecule has 2 heterocycles. The van der Waals surface area contributed by atoms with Crippen molar-refractivity contribution < 1.29 is 19.4 Å². The Labute approximate surface area is 201 Å². The molecule has 2 unspecified atom stereocenters. The van der Waals surface area contributed by atoms with Gasteiger partial charge in [-0.1, -0.05) is 49.2 Å². The molecule has 2 aliphatic heterocycles. The normalized spacial score (nSPS) is 27.7. The highest BCUT2D eigenvalue weighted by Gasteiger charge is 2.58. The van der Waals surface area contributed by atoms with E-state index < -0.39 is 5.60 Å². The summed E-state index contributed by atoms with van der Waals surface area (Å²) in [5.41, 5.74) is 0.567. The first kappa shape index (κ1) is 21.9. The van der Waals surface area contributed by atoms with Crippen LogP contribution in [0.5, 0.6) is 11.5 Å². The van der Waals surface area contributed by atoms with E-state index in [0.29, 0.717) is 25.0 Å². The lowest BCUT2D eigenvalue weighted by atomic mass is 9.79. The minimum Gasteiger partial charge on any atom is -0.486 e. The predicted octanol–water partition coefficient (Wildman–Crippen LogP) is 3.12. The van der Waals surface area contributed by atoms with Crippen LogP contribution in [-0.4, -0.2) is 54.8 Å². The van der Waals surface area contributed by atoms with Crippen molar-refractivity contribution in [1.82, 2.24) is 10.2 Å². The average molecular weight is 463 g/mol. The largest absolute Gasteiger partial charge is 0.486 e. The molecule has 4 aliphatic rings. The van der Waals surface area contributed by atoms with E-state index in [1.165, 1.54) is 5.56 Å². The predicted molar refractivity (Wildman–Crippen MR) is 129 cm³/mol. The highest BCUT2D eigenvalue weighted by molar-refractivity contribution is 5.87. The van der Waals surface area contributed by atoms with E-state index in [2.05, 4.69) is 22.3 Å². The number of likely N-dealkylation sites (tertiary alicyclic amines) is 1. The van der Waals surface area contributed by atoms with Crippen LogP contribution < -0.4 is 14.8 Å². The third-order valence-electron chi connectivity index (χ3n) is 8.40. The van der Waals surface area contributed by atoms with Gasteiger partial charge in [0.25, 0.3) is 5.91 Å². The van der Waals surface area contributed by atoms with E-state index in [9.17, 15) is 9.90 Å². The van der Waals surface area contributed by atoms with Crippen LogP contribution in [0.25, 0.3) is 0 Å². The van der Waals surface area contributed by atoms with Gasteiger partial charge in [0.2, 0.25) is 0 Å². The van der Waals surface area contributed by atoms with Crippen LogP contribution in [0.3, 0.4) is 0 Å². The highest BCUT2D eigenvalue weighted by Crippen LogP contribution is 2.47. The van der Waals surface area contributed by atoms with E-state index in [0.717, 1.165) is 68.8 Å². The number of carbonyl (C=O) groups excluding carboxylic acids is 1. The molecule has 6 rings (SSSR count). The van der Waals surface area contributed by atoms with Gasteiger partial charge in [-0.25, -0.2) is 0 Å². The summed E-state index contributed by atoms with van der Waals surface area (Å²) in [7, 11) is 0. The standard InChI is InChI=1S/C28H34N2O4/c31-27(28(32,21-8-4-5-9-21)20-6-2-1-3-7-20)29-26-22-17-30(18-23(22)26)13-12-19-10-11-24-25(16-19)34-15-14-33-24/h1-3,6-7,10-11,16,21-23,26,32H,4-5,8-9,12-15,17-18H2,(H,29,31)/t22-,23?,26+,28?/m0/s1. The number of benzene rings is 2. The number of piperidine rings is 1. The Bertz CT molecular complexity index is 1030. The molecule has 0 bridgehead atoms. The number of carbonyl (C=O) groups is 1. The van der Waals surface area contributed by atoms with E-state index >= 15 is 0 Å². The first-order valence-corrected chi connectivity index (χ1v) is 12.8. The van der Waals surface area contributed by atoms with Gasteiger partial charge in [-0.2, -0.15) is 0 Å². The highest BCUT2D eigenvalue weighted by atomic mass is 16.6. The SMILES string of the molecule is O=C(N[C@H]1C2CN(CCc3ccc4c(c3)OCCO4)C[C@@H]21)C(O)(c1ccccc1)C1CCCC1. The first-order valence-electron chi connectivity index (χ1n) is 12.8. The molecule has 180 valence electrons. The Morgan fingerprint density at radius 3 is 2.44 bits per heavy atom. The first-order chi connectivity index (χ1) is 16.6. The lowest BCUT2D eigenvalue weighted by molar-refractivity contribution is -0.147. The van der Waals surface area contributed by atoms with Gasteiger partial charge in [0.15, 0.2) is 17.1 Å². The van der Waals surface area contributed by atoms with Crippen LogP contribution in [0.4, 0.5) is 0 Å².